The predicted octanol–water partition coefficient (Wildman–Crippen LogP) is 7.21. The number of ether oxygens (including phenoxy) is 2. The molecule has 3 aromatic rings. The van der Waals surface area contributed by atoms with Crippen molar-refractivity contribution in [1.29, 1.82) is 0 Å². The number of H-pyrrole nitrogens is 2. The van der Waals surface area contributed by atoms with E-state index in [0.717, 1.165) is 80.0 Å². The van der Waals surface area contributed by atoms with Crippen molar-refractivity contribution in [2.75, 3.05) is 13.2 Å². The summed E-state index contributed by atoms with van der Waals surface area (Å²) in [5.74, 6) is -0.411. The Morgan fingerprint density at radius 2 is 1.07 bits per heavy atom. The van der Waals surface area contributed by atoms with Gasteiger partial charge in [0.1, 0.15) is 0 Å². The molecular weight excluding hydrogens is 528 g/mol. The summed E-state index contributed by atoms with van der Waals surface area (Å²) in [6.45, 7) is 8.63. The Morgan fingerprint density at radius 3 is 1.45 bits per heavy atom. The molecule has 8 heteroatoms. The maximum atomic E-state index is 12.1. The lowest BCUT2D eigenvalue weighted by molar-refractivity contribution is -0.144. The minimum Gasteiger partial charge on any atom is -0.466 e. The molecule has 0 aliphatic carbocycles. The summed E-state index contributed by atoms with van der Waals surface area (Å²) < 4.78 is 10.3. The van der Waals surface area contributed by atoms with Gasteiger partial charge in [0.05, 0.1) is 36.0 Å². The van der Waals surface area contributed by atoms with Crippen LogP contribution in [0.1, 0.15) is 87.3 Å². The number of rotatable bonds is 10. The molecule has 0 unspecified atom stereocenters. The lowest BCUT2D eigenvalue weighted by atomic mass is 10.1. The molecule has 0 saturated carbocycles. The number of aromatic amines is 2. The molecule has 5 rings (SSSR count). The molecule has 2 aliphatic heterocycles. The van der Waals surface area contributed by atoms with Crippen LogP contribution in [-0.2, 0) is 31.9 Å². The Morgan fingerprint density at radius 1 is 0.643 bits per heavy atom. The summed E-state index contributed by atoms with van der Waals surface area (Å²) in [7, 11) is 0. The maximum absolute atomic E-state index is 12.1. The van der Waals surface area contributed by atoms with Crippen molar-refractivity contribution in [1.82, 2.24) is 19.9 Å². The van der Waals surface area contributed by atoms with E-state index in [1.54, 1.807) is 0 Å². The SMILES string of the molecule is CCOC(=O)CCc1cc2cc3nc(cc4[nH]c(cc5nc(cc1[nH]2)C=C5CC)cc4CCC(=O)OCC)C=C3CC. The zero-order chi connectivity index (χ0) is 29.6. The van der Waals surface area contributed by atoms with Crippen molar-refractivity contribution in [2.45, 2.75) is 66.2 Å². The van der Waals surface area contributed by atoms with E-state index in [0.29, 0.717) is 38.9 Å². The van der Waals surface area contributed by atoms with Gasteiger partial charge in [-0.2, -0.15) is 0 Å². The van der Waals surface area contributed by atoms with Gasteiger partial charge in [-0.3, -0.25) is 9.59 Å². The van der Waals surface area contributed by atoms with E-state index in [1.165, 1.54) is 0 Å². The van der Waals surface area contributed by atoms with Crippen LogP contribution in [0.3, 0.4) is 0 Å². The number of hydrogen-bond acceptors (Lipinski definition) is 6. The highest BCUT2D eigenvalue weighted by Gasteiger charge is 2.14. The van der Waals surface area contributed by atoms with Gasteiger partial charge in [0, 0.05) is 34.9 Å². The van der Waals surface area contributed by atoms with Crippen molar-refractivity contribution < 1.29 is 19.1 Å². The van der Waals surface area contributed by atoms with Crippen LogP contribution < -0.4 is 0 Å². The van der Waals surface area contributed by atoms with Gasteiger partial charge in [0.15, 0.2) is 0 Å². The second-order valence-corrected chi connectivity index (χ2v) is 10.4. The monoisotopic (exact) mass is 566 g/mol. The van der Waals surface area contributed by atoms with Gasteiger partial charge in [-0.25, -0.2) is 9.97 Å². The molecule has 3 aromatic heterocycles. The molecule has 0 aromatic carbocycles. The molecule has 8 bridgehead atoms. The Labute approximate surface area is 245 Å². The number of carbonyl (C=O) groups excluding carboxylic acids is 2. The van der Waals surface area contributed by atoms with Gasteiger partial charge in [0.2, 0.25) is 0 Å². The van der Waals surface area contributed by atoms with Crippen LogP contribution in [0.15, 0.2) is 36.4 Å². The fourth-order valence-corrected chi connectivity index (χ4v) is 5.39. The van der Waals surface area contributed by atoms with E-state index in [2.05, 4.69) is 60.2 Å². The molecule has 218 valence electrons. The van der Waals surface area contributed by atoms with Crippen LogP contribution in [0.25, 0.3) is 45.4 Å². The van der Waals surface area contributed by atoms with Crippen LogP contribution in [0.2, 0.25) is 0 Å². The van der Waals surface area contributed by atoms with Crippen molar-refractivity contribution in [2.24, 2.45) is 0 Å². The molecule has 0 radical (unpaired) electrons. The number of hydrogen-bond donors (Lipinski definition) is 2. The zero-order valence-electron chi connectivity index (χ0n) is 24.8. The molecular formula is C34H38N4O4. The molecule has 2 aliphatic rings. The summed E-state index contributed by atoms with van der Waals surface area (Å²) >= 11 is 0. The number of aryl methyl sites for hydroxylation is 2. The largest absolute Gasteiger partial charge is 0.466 e. The first kappa shape index (κ1) is 29.0. The highest BCUT2D eigenvalue weighted by Crippen LogP contribution is 2.29. The Kier molecular flexibility index (Phi) is 9.00. The van der Waals surface area contributed by atoms with Gasteiger partial charge in [-0.05, 0) is 110 Å². The van der Waals surface area contributed by atoms with E-state index < -0.39 is 0 Å². The Balaban J connectivity index is 1.70. The Hall–Kier alpha value is -4.46. The van der Waals surface area contributed by atoms with Crippen LogP contribution in [0.4, 0.5) is 0 Å². The van der Waals surface area contributed by atoms with Gasteiger partial charge < -0.3 is 19.4 Å². The fourth-order valence-electron chi connectivity index (χ4n) is 5.39. The first-order valence-electron chi connectivity index (χ1n) is 14.9. The third-order valence-corrected chi connectivity index (χ3v) is 7.45. The van der Waals surface area contributed by atoms with Crippen LogP contribution >= 0.6 is 0 Å². The second-order valence-electron chi connectivity index (χ2n) is 10.4. The molecule has 0 atom stereocenters. The van der Waals surface area contributed by atoms with Crippen LogP contribution in [0.5, 0.6) is 0 Å². The number of carbonyl (C=O) groups is 2. The summed E-state index contributed by atoms with van der Waals surface area (Å²) in [6, 6.07) is 12.4. The highest BCUT2D eigenvalue weighted by atomic mass is 16.5. The lowest BCUT2D eigenvalue weighted by Crippen LogP contribution is -2.04. The standard InChI is InChI=1S/C34H38N4O4/c1-5-21-13-25-19-31-24(10-12-34(40)42-8-4)16-28(38-31)18-30-22(6-2)14-26(36-30)20-32-23(9-11-33(39)41-7-3)15-27(37-32)17-29(21)35-25/h13-20,37-38H,5-12H2,1-4H3. The number of allylic oxidation sites excluding steroid dienone is 2. The van der Waals surface area contributed by atoms with E-state index in [-0.39, 0.29) is 11.9 Å². The second kappa shape index (κ2) is 13.0. The van der Waals surface area contributed by atoms with Crippen LogP contribution in [0, 0.1) is 0 Å². The van der Waals surface area contributed by atoms with Gasteiger partial charge >= 0.3 is 11.9 Å². The molecule has 8 nitrogen and oxygen atoms in total. The van der Waals surface area contributed by atoms with Crippen molar-refractivity contribution >= 4 is 57.3 Å². The molecule has 0 amide bonds. The zero-order valence-corrected chi connectivity index (χ0v) is 24.8. The summed E-state index contributed by atoms with van der Waals surface area (Å²) in [5.41, 5.74) is 11.5. The molecule has 0 fully saturated rings. The molecule has 5 heterocycles. The number of nitrogens with one attached hydrogen (secondary N) is 2. The van der Waals surface area contributed by atoms with E-state index in [4.69, 9.17) is 19.4 Å². The van der Waals surface area contributed by atoms with Crippen molar-refractivity contribution in [3.05, 3.63) is 70.3 Å². The predicted molar refractivity (Wildman–Crippen MR) is 167 cm³/mol. The average molecular weight is 567 g/mol. The lowest BCUT2D eigenvalue weighted by Gasteiger charge is -2.00. The fraction of sp³-hybridized carbons (Fsp3) is 0.353. The maximum Gasteiger partial charge on any atom is 0.306 e. The molecule has 2 N–H and O–H groups in total. The van der Waals surface area contributed by atoms with E-state index in [9.17, 15) is 9.59 Å². The topological polar surface area (TPSA) is 110 Å². The number of fused-ring (bicyclic) bond motifs is 8. The highest BCUT2D eigenvalue weighted by molar-refractivity contribution is 5.87. The number of aromatic nitrogens is 4. The summed E-state index contributed by atoms with van der Waals surface area (Å²) in [5, 5.41) is 0. The normalized spacial score (nSPS) is 12.6. The summed E-state index contributed by atoms with van der Waals surface area (Å²) in [6.07, 6.45) is 7.62. The molecule has 0 spiro atoms. The summed E-state index contributed by atoms with van der Waals surface area (Å²) in [4.78, 5) is 41.3. The van der Waals surface area contributed by atoms with Gasteiger partial charge in [0.25, 0.3) is 0 Å². The van der Waals surface area contributed by atoms with Gasteiger partial charge in [-0.15, -0.1) is 0 Å². The third kappa shape index (κ3) is 6.70. The smallest absolute Gasteiger partial charge is 0.306 e. The third-order valence-electron chi connectivity index (χ3n) is 7.45. The van der Waals surface area contributed by atoms with E-state index in [1.807, 2.05) is 26.0 Å². The quantitative estimate of drug-likeness (QED) is 0.251. The van der Waals surface area contributed by atoms with Crippen molar-refractivity contribution in [3.63, 3.8) is 0 Å². The minimum atomic E-state index is -0.205. The van der Waals surface area contributed by atoms with Crippen molar-refractivity contribution in [3.8, 4) is 0 Å². The average Bonchev–Trinajstić information content (AvgIpc) is 3.73. The number of esters is 2. The Bertz CT molecular complexity index is 1600. The first-order valence-corrected chi connectivity index (χ1v) is 14.9. The number of nitrogens with zero attached hydrogens (tertiary/aromatic N) is 2. The molecule has 42 heavy (non-hydrogen) atoms. The molecule has 0 saturated heterocycles. The van der Waals surface area contributed by atoms with E-state index >= 15 is 0 Å². The minimum absolute atomic E-state index is 0.205. The van der Waals surface area contributed by atoms with Gasteiger partial charge in [-0.1, -0.05) is 13.8 Å². The first-order chi connectivity index (χ1) is 20.4. The van der Waals surface area contributed by atoms with Crippen LogP contribution in [-0.4, -0.2) is 45.1 Å².